The molecule has 1 aromatic heterocycles. The monoisotopic (exact) mass is 491 g/mol. The van der Waals surface area contributed by atoms with Gasteiger partial charge in [-0.25, -0.2) is 8.42 Å². The minimum absolute atomic E-state index is 0.0355. The van der Waals surface area contributed by atoms with Crippen molar-refractivity contribution in [2.45, 2.75) is 50.0 Å². The van der Waals surface area contributed by atoms with Crippen molar-refractivity contribution in [3.8, 4) is 0 Å². The lowest BCUT2D eigenvalue weighted by molar-refractivity contribution is 0.0998. The van der Waals surface area contributed by atoms with Crippen LogP contribution in [0.15, 0.2) is 46.3 Å². The number of rotatable bonds is 4. The van der Waals surface area contributed by atoms with Crippen LogP contribution in [0.3, 0.4) is 0 Å². The van der Waals surface area contributed by atoms with Crippen LogP contribution in [0.1, 0.15) is 48.0 Å². The Hall–Kier alpha value is -2.00. The summed E-state index contributed by atoms with van der Waals surface area (Å²) in [4.78, 5) is 17.8. The van der Waals surface area contributed by atoms with Crippen LogP contribution in [-0.2, 0) is 17.1 Å². The first kappa shape index (κ1) is 23.2. The molecule has 32 heavy (non-hydrogen) atoms. The summed E-state index contributed by atoms with van der Waals surface area (Å²) in [7, 11) is -0.0995. The highest BCUT2D eigenvalue weighted by atomic mass is 35.5. The van der Waals surface area contributed by atoms with Gasteiger partial charge >= 0.3 is 0 Å². The number of hydrogen-bond acceptors (Lipinski definition) is 4. The van der Waals surface area contributed by atoms with Crippen molar-refractivity contribution in [1.82, 2.24) is 8.87 Å². The Kier molecular flexibility index (Phi) is 6.58. The lowest BCUT2D eigenvalue weighted by atomic mass is 9.96. The fourth-order valence-electron chi connectivity index (χ4n) is 4.24. The fourth-order valence-corrected chi connectivity index (χ4v) is 7.02. The number of fused-ring (bicyclic) bond motifs is 1. The number of carbonyl (C=O) groups excluding carboxylic acids is 1. The molecular formula is C23H26ClN3O3S2. The predicted molar refractivity (Wildman–Crippen MR) is 129 cm³/mol. The zero-order chi connectivity index (χ0) is 23.0. The molecule has 0 bridgehead atoms. The highest BCUT2D eigenvalue weighted by Crippen LogP contribution is 2.29. The third-order valence-electron chi connectivity index (χ3n) is 6.17. The normalized spacial score (nSPS) is 16.2. The van der Waals surface area contributed by atoms with Gasteiger partial charge in [-0.1, -0.05) is 48.3 Å². The maximum atomic E-state index is 13.0. The molecule has 0 N–H and O–H groups in total. The van der Waals surface area contributed by atoms with Crippen LogP contribution in [-0.4, -0.2) is 36.3 Å². The Morgan fingerprint density at radius 1 is 1.12 bits per heavy atom. The van der Waals surface area contributed by atoms with Crippen LogP contribution >= 0.6 is 22.9 Å². The summed E-state index contributed by atoms with van der Waals surface area (Å²) in [5, 5.41) is 0.622. The maximum Gasteiger partial charge on any atom is 0.279 e. The topological polar surface area (TPSA) is 71.7 Å². The summed E-state index contributed by atoms with van der Waals surface area (Å²) < 4.78 is 30.3. The number of hydrogen-bond donors (Lipinski definition) is 0. The molecule has 4 rings (SSSR count). The van der Waals surface area contributed by atoms with Gasteiger partial charge in [-0.3, -0.25) is 4.79 Å². The minimum Gasteiger partial charge on any atom is -0.319 e. The highest BCUT2D eigenvalue weighted by molar-refractivity contribution is 7.89. The number of amides is 1. The first-order valence-corrected chi connectivity index (χ1v) is 13.3. The number of aromatic nitrogens is 1. The van der Waals surface area contributed by atoms with E-state index >= 15 is 0 Å². The molecule has 0 aliphatic heterocycles. The number of nitrogens with zero attached hydrogens (tertiary/aromatic N) is 3. The van der Waals surface area contributed by atoms with Crippen molar-refractivity contribution in [3.63, 3.8) is 0 Å². The van der Waals surface area contributed by atoms with Gasteiger partial charge in [0.25, 0.3) is 5.91 Å². The minimum atomic E-state index is -3.60. The van der Waals surface area contributed by atoms with Crippen LogP contribution in [0.25, 0.3) is 10.2 Å². The molecule has 1 saturated carbocycles. The molecule has 0 radical (unpaired) electrons. The van der Waals surface area contributed by atoms with Crippen molar-refractivity contribution >= 4 is 49.1 Å². The molecular weight excluding hydrogens is 466 g/mol. The average Bonchev–Trinajstić information content (AvgIpc) is 3.13. The predicted octanol–water partition coefficient (Wildman–Crippen LogP) is 4.90. The maximum absolute atomic E-state index is 13.0. The van der Waals surface area contributed by atoms with Gasteiger partial charge in [0.05, 0.1) is 20.1 Å². The van der Waals surface area contributed by atoms with Crippen LogP contribution in [0.2, 0.25) is 5.02 Å². The second kappa shape index (κ2) is 9.09. The van der Waals surface area contributed by atoms with Gasteiger partial charge in [-0.2, -0.15) is 9.30 Å². The number of sulfonamides is 1. The molecule has 9 heteroatoms. The number of aryl methyl sites for hydroxylation is 2. The van der Waals surface area contributed by atoms with Crippen molar-refractivity contribution in [1.29, 1.82) is 0 Å². The van der Waals surface area contributed by atoms with E-state index in [1.54, 1.807) is 7.05 Å². The van der Waals surface area contributed by atoms with E-state index in [9.17, 15) is 13.2 Å². The molecule has 1 heterocycles. The van der Waals surface area contributed by atoms with Crippen LogP contribution in [0.4, 0.5) is 0 Å². The van der Waals surface area contributed by atoms with Gasteiger partial charge in [-0.15, -0.1) is 0 Å². The Morgan fingerprint density at radius 3 is 2.41 bits per heavy atom. The standard InChI is InChI=1S/C23H26ClN3O3S2/c1-15-9-14-19(24)21-20(15)26(2)23(31-21)25-22(28)16-10-12-18(13-11-16)32(29,30)27(3)17-7-5-4-6-8-17/h9-14,17H,4-8H2,1-3H3. The largest absolute Gasteiger partial charge is 0.319 e. The molecule has 1 aliphatic carbocycles. The average molecular weight is 492 g/mol. The van der Waals surface area contributed by atoms with E-state index in [0.29, 0.717) is 15.4 Å². The third kappa shape index (κ3) is 4.29. The van der Waals surface area contributed by atoms with E-state index in [4.69, 9.17) is 11.6 Å². The molecule has 0 saturated heterocycles. The quantitative estimate of drug-likeness (QED) is 0.521. The van der Waals surface area contributed by atoms with Crippen LogP contribution < -0.4 is 4.80 Å². The zero-order valence-electron chi connectivity index (χ0n) is 18.3. The Bertz CT molecular complexity index is 1340. The summed E-state index contributed by atoms with van der Waals surface area (Å²) in [6.07, 6.45) is 5.05. The van der Waals surface area contributed by atoms with E-state index in [0.717, 1.165) is 47.9 Å². The van der Waals surface area contributed by atoms with Crippen molar-refractivity contribution in [2.75, 3.05) is 7.05 Å². The first-order valence-electron chi connectivity index (χ1n) is 10.6. The van der Waals surface area contributed by atoms with Gasteiger partial charge in [0.1, 0.15) is 0 Å². The smallest absolute Gasteiger partial charge is 0.279 e. The van der Waals surface area contributed by atoms with Gasteiger partial charge in [0.2, 0.25) is 10.0 Å². The molecule has 6 nitrogen and oxygen atoms in total. The number of thiazole rings is 1. The van der Waals surface area contributed by atoms with Crippen LogP contribution in [0.5, 0.6) is 0 Å². The van der Waals surface area contributed by atoms with E-state index in [-0.39, 0.29) is 10.9 Å². The van der Waals surface area contributed by atoms with E-state index in [1.165, 1.54) is 39.9 Å². The molecule has 1 fully saturated rings. The van der Waals surface area contributed by atoms with Crippen LogP contribution in [0, 0.1) is 6.92 Å². The van der Waals surface area contributed by atoms with Crippen molar-refractivity contribution < 1.29 is 13.2 Å². The summed E-state index contributed by atoms with van der Waals surface area (Å²) in [5.41, 5.74) is 2.33. The zero-order valence-corrected chi connectivity index (χ0v) is 20.7. The molecule has 3 aromatic rings. The lowest BCUT2D eigenvalue weighted by Crippen LogP contribution is -2.38. The fraction of sp³-hybridized carbons (Fsp3) is 0.391. The Balaban J connectivity index is 1.61. The first-order chi connectivity index (χ1) is 15.2. The second-order valence-electron chi connectivity index (χ2n) is 8.24. The summed E-state index contributed by atoms with van der Waals surface area (Å²) in [5.74, 6) is -0.425. The molecule has 0 unspecified atom stereocenters. The van der Waals surface area contributed by atoms with Gasteiger partial charge < -0.3 is 4.57 Å². The molecule has 1 aliphatic rings. The SMILES string of the molecule is Cc1ccc(Cl)c2sc(=NC(=O)c3ccc(S(=O)(=O)N(C)C4CCCCC4)cc3)n(C)c12. The van der Waals surface area contributed by atoms with Crippen molar-refractivity contribution in [3.05, 3.63) is 57.3 Å². The molecule has 0 atom stereocenters. The van der Waals surface area contributed by atoms with Gasteiger partial charge in [0.15, 0.2) is 4.80 Å². The van der Waals surface area contributed by atoms with E-state index in [2.05, 4.69) is 4.99 Å². The number of carbonyl (C=O) groups is 1. The Morgan fingerprint density at radius 2 is 1.78 bits per heavy atom. The second-order valence-corrected chi connectivity index (χ2v) is 11.6. The van der Waals surface area contributed by atoms with Gasteiger partial charge in [0, 0.05) is 25.7 Å². The summed E-state index contributed by atoms with van der Waals surface area (Å²) >= 11 is 7.67. The Labute approximate surface area is 197 Å². The molecule has 2 aromatic carbocycles. The van der Waals surface area contributed by atoms with Gasteiger partial charge in [-0.05, 0) is 55.7 Å². The molecule has 0 spiro atoms. The summed E-state index contributed by atoms with van der Waals surface area (Å²) in [6, 6.07) is 9.84. The lowest BCUT2D eigenvalue weighted by Gasteiger charge is -2.30. The number of benzene rings is 2. The third-order valence-corrected chi connectivity index (χ3v) is 9.68. The molecule has 1 amide bonds. The molecule has 170 valence electrons. The van der Waals surface area contributed by atoms with E-state index in [1.807, 2.05) is 30.7 Å². The summed E-state index contributed by atoms with van der Waals surface area (Å²) in [6.45, 7) is 1.99. The van der Waals surface area contributed by atoms with E-state index < -0.39 is 15.9 Å². The highest BCUT2D eigenvalue weighted by Gasteiger charge is 2.29. The van der Waals surface area contributed by atoms with Crippen molar-refractivity contribution in [2.24, 2.45) is 12.0 Å². The number of halogens is 1.